The highest BCUT2D eigenvalue weighted by atomic mass is 16.3. The third-order valence-corrected chi connectivity index (χ3v) is 4.16. The van der Waals surface area contributed by atoms with Crippen molar-refractivity contribution in [2.24, 2.45) is 5.92 Å². The molecule has 1 heterocycles. The third kappa shape index (κ3) is 3.74. The zero-order chi connectivity index (χ0) is 16.2. The second-order valence-electron chi connectivity index (χ2n) is 5.85. The molecule has 0 aliphatic carbocycles. The molecule has 22 heavy (non-hydrogen) atoms. The maximum Gasteiger partial charge on any atom is 0.251 e. The summed E-state index contributed by atoms with van der Waals surface area (Å²) in [5, 5.41) is 17.3. The number of hydrogen-bond acceptors (Lipinski definition) is 3. The van der Waals surface area contributed by atoms with Gasteiger partial charge in [0.25, 0.3) is 5.91 Å². The average Bonchev–Trinajstić information content (AvgIpc) is 3.06. The summed E-state index contributed by atoms with van der Waals surface area (Å²) in [6.07, 6.45) is 4.37. The number of nitrogens with zero attached hydrogens (tertiary/aromatic N) is 2. The maximum atomic E-state index is 12.3. The van der Waals surface area contributed by atoms with Crippen LogP contribution in [0.4, 0.5) is 0 Å². The molecule has 2 aromatic rings. The Bertz CT molecular complexity index is 621. The van der Waals surface area contributed by atoms with Crippen molar-refractivity contribution in [1.82, 2.24) is 15.1 Å². The highest BCUT2D eigenvalue weighted by Crippen LogP contribution is 2.19. The first-order valence-corrected chi connectivity index (χ1v) is 7.54. The van der Waals surface area contributed by atoms with Crippen molar-refractivity contribution in [1.29, 1.82) is 0 Å². The van der Waals surface area contributed by atoms with Gasteiger partial charge in [-0.15, -0.1) is 0 Å². The fourth-order valence-electron chi connectivity index (χ4n) is 2.19. The van der Waals surface area contributed by atoms with Crippen molar-refractivity contribution in [2.75, 3.05) is 6.54 Å². The van der Waals surface area contributed by atoms with E-state index in [1.165, 1.54) is 0 Å². The van der Waals surface area contributed by atoms with Crippen LogP contribution in [-0.4, -0.2) is 32.9 Å². The van der Waals surface area contributed by atoms with E-state index in [4.69, 9.17) is 0 Å². The molecule has 5 heteroatoms. The van der Waals surface area contributed by atoms with Gasteiger partial charge in [0.05, 0.1) is 11.3 Å². The number of nitrogens with one attached hydrogen (secondary N) is 1. The lowest BCUT2D eigenvalue weighted by molar-refractivity contribution is 0.00593. The van der Waals surface area contributed by atoms with Crippen LogP contribution in [0.2, 0.25) is 0 Å². The highest BCUT2D eigenvalue weighted by molar-refractivity contribution is 5.94. The van der Waals surface area contributed by atoms with Gasteiger partial charge in [0.15, 0.2) is 0 Å². The minimum Gasteiger partial charge on any atom is -0.388 e. The average molecular weight is 301 g/mol. The van der Waals surface area contributed by atoms with Gasteiger partial charge in [-0.2, -0.15) is 5.10 Å². The second kappa shape index (κ2) is 6.75. The molecule has 0 fully saturated rings. The lowest BCUT2D eigenvalue weighted by Crippen LogP contribution is -2.45. The summed E-state index contributed by atoms with van der Waals surface area (Å²) >= 11 is 0. The van der Waals surface area contributed by atoms with Crippen molar-refractivity contribution in [3.05, 3.63) is 48.3 Å². The van der Waals surface area contributed by atoms with Crippen molar-refractivity contribution in [3.63, 3.8) is 0 Å². The van der Waals surface area contributed by atoms with Gasteiger partial charge in [-0.1, -0.05) is 26.3 Å². The van der Waals surface area contributed by atoms with E-state index in [1.807, 2.05) is 38.2 Å². The first-order valence-electron chi connectivity index (χ1n) is 7.54. The van der Waals surface area contributed by atoms with E-state index in [2.05, 4.69) is 10.4 Å². The Morgan fingerprint density at radius 3 is 2.86 bits per heavy atom. The Balaban J connectivity index is 2.06. The molecule has 2 unspecified atom stereocenters. The largest absolute Gasteiger partial charge is 0.388 e. The molecule has 1 aromatic carbocycles. The lowest BCUT2D eigenvalue weighted by atomic mass is 9.88. The summed E-state index contributed by atoms with van der Waals surface area (Å²) in [4.78, 5) is 12.3. The minimum atomic E-state index is -0.913. The molecule has 0 aliphatic rings. The van der Waals surface area contributed by atoms with Gasteiger partial charge in [0.2, 0.25) is 0 Å². The van der Waals surface area contributed by atoms with Crippen LogP contribution < -0.4 is 5.32 Å². The van der Waals surface area contributed by atoms with Crippen molar-refractivity contribution >= 4 is 5.91 Å². The minimum absolute atomic E-state index is 0.114. The predicted molar refractivity (Wildman–Crippen MR) is 86.0 cm³/mol. The molecule has 118 valence electrons. The van der Waals surface area contributed by atoms with Gasteiger partial charge in [0.1, 0.15) is 0 Å². The summed E-state index contributed by atoms with van der Waals surface area (Å²) in [5.74, 6) is -0.0826. The molecule has 0 bridgehead atoms. The number of hydrogen-bond donors (Lipinski definition) is 2. The van der Waals surface area contributed by atoms with Crippen LogP contribution in [0.5, 0.6) is 0 Å². The topological polar surface area (TPSA) is 67.2 Å². The predicted octanol–water partition coefficient (Wildman–Crippen LogP) is 2.40. The Morgan fingerprint density at radius 2 is 2.23 bits per heavy atom. The summed E-state index contributed by atoms with van der Waals surface area (Å²) in [7, 11) is 0. The Hall–Kier alpha value is -2.14. The van der Waals surface area contributed by atoms with E-state index in [0.29, 0.717) is 5.56 Å². The van der Waals surface area contributed by atoms with Crippen LogP contribution in [0, 0.1) is 5.92 Å². The summed E-state index contributed by atoms with van der Waals surface area (Å²) in [6.45, 7) is 5.98. The Labute approximate surface area is 131 Å². The van der Waals surface area contributed by atoms with Crippen LogP contribution in [0.15, 0.2) is 42.7 Å². The molecular formula is C17H23N3O2. The van der Waals surface area contributed by atoms with Crippen LogP contribution in [0.3, 0.4) is 0 Å². The molecule has 0 saturated heterocycles. The van der Waals surface area contributed by atoms with Gasteiger partial charge >= 0.3 is 0 Å². The van der Waals surface area contributed by atoms with E-state index >= 15 is 0 Å². The van der Waals surface area contributed by atoms with Crippen LogP contribution in [0.25, 0.3) is 5.69 Å². The van der Waals surface area contributed by atoms with E-state index in [0.717, 1.165) is 12.1 Å². The van der Waals surface area contributed by atoms with E-state index < -0.39 is 5.60 Å². The fourth-order valence-corrected chi connectivity index (χ4v) is 2.19. The number of amides is 1. The van der Waals surface area contributed by atoms with E-state index in [-0.39, 0.29) is 18.4 Å². The number of aromatic nitrogens is 2. The number of rotatable bonds is 6. The smallest absolute Gasteiger partial charge is 0.251 e. The first-order chi connectivity index (χ1) is 10.4. The standard InChI is InChI=1S/C17H23N3O2/c1-4-13(2)17(3,22)12-18-16(21)14-7-5-8-15(11-14)20-10-6-9-19-20/h5-11,13,22H,4,12H2,1-3H3,(H,18,21). The van der Waals surface area contributed by atoms with Crippen LogP contribution in [0.1, 0.15) is 37.6 Å². The zero-order valence-electron chi connectivity index (χ0n) is 13.3. The highest BCUT2D eigenvalue weighted by Gasteiger charge is 2.27. The fraction of sp³-hybridized carbons (Fsp3) is 0.412. The molecule has 0 aliphatic heterocycles. The monoisotopic (exact) mass is 301 g/mol. The molecule has 2 N–H and O–H groups in total. The number of benzene rings is 1. The molecule has 2 rings (SSSR count). The van der Waals surface area contributed by atoms with E-state index in [1.54, 1.807) is 29.9 Å². The summed E-state index contributed by atoms with van der Waals surface area (Å²) < 4.78 is 1.70. The molecule has 5 nitrogen and oxygen atoms in total. The number of aliphatic hydroxyl groups is 1. The zero-order valence-corrected chi connectivity index (χ0v) is 13.3. The van der Waals surface area contributed by atoms with Crippen molar-refractivity contribution < 1.29 is 9.90 Å². The molecule has 0 saturated carbocycles. The van der Waals surface area contributed by atoms with Gasteiger partial charge < -0.3 is 10.4 Å². The normalized spacial score (nSPS) is 15.1. The van der Waals surface area contributed by atoms with Gasteiger partial charge in [-0.05, 0) is 37.1 Å². The molecule has 2 atom stereocenters. The van der Waals surface area contributed by atoms with Crippen molar-refractivity contribution in [2.45, 2.75) is 32.8 Å². The summed E-state index contributed by atoms with van der Waals surface area (Å²) in [6, 6.07) is 9.06. The SMILES string of the molecule is CCC(C)C(C)(O)CNC(=O)c1cccc(-n2cccn2)c1. The van der Waals surface area contributed by atoms with Crippen LogP contribution >= 0.6 is 0 Å². The van der Waals surface area contributed by atoms with Gasteiger partial charge in [-0.25, -0.2) is 4.68 Å². The number of carbonyl (C=O) groups is 1. The lowest BCUT2D eigenvalue weighted by Gasteiger charge is -2.29. The van der Waals surface area contributed by atoms with Crippen LogP contribution in [-0.2, 0) is 0 Å². The first kappa shape index (κ1) is 16.2. The molecule has 1 aromatic heterocycles. The maximum absolute atomic E-state index is 12.3. The Kier molecular flexibility index (Phi) is 4.98. The Morgan fingerprint density at radius 1 is 1.45 bits per heavy atom. The summed E-state index contributed by atoms with van der Waals surface area (Å²) in [5.41, 5.74) is 0.462. The van der Waals surface area contributed by atoms with Gasteiger partial charge in [0, 0.05) is 24.5 Å². The third-order valence-electron chi connectivity index (χ3n) is 4.16. The quantitative estimate of drug-likeness (QED) is 0.861. The molecule has 0 radical (unpaired) electrons. The number of carbonyl (C=O) groups excluding carboxylic acids is 1. The molecule has 1 amide bonds. The molecular weight excluding hydrogens is 278 g/mol. The molecule has 0 spiro atoms. The second-order valence-corrected chi connectivity index (χ2v) is 5.85. The van der Waals surface area contributed by atoms with E-state index in [9.17, 15) is 9.90 Å². The van der Waals surface area contributed by atoms with Gasteiger partial charge in [-0.3, -0.25) is 4.79 Å². The van der Waals surface area contributed by atoms with Crippen molar-refractivity contribution in [3.8, 4) is 5.69 Å².